The van der Waals surface area contributed by atoms with Crippen molar-refractivity contribution in [1.29, 1.82) is 0 Å². The van der Waals surface area contributed by atoms with Gasteiger partial charge in [-0.2, -0.15) is 0 Å². The van der Waals surface area contributed by atoms with E-state index in [1.54, 1.807) is 0 Å². The zero-order chi connectivity index (χ0) is 21.1. The average Bonchev–Trinajstić information content (AvgIpc) is 2.75. The maximum atomic E-state index is 6.57. The van der Waals surface area contributed by atoms with Crippen molar-refractivity contribution in [3.8, 4) is 0 Å². The first-order valence-electron chi connectivity index (χ1n) is 11.1. The maximum absolute atomic E-state index is 6.57. The number of ether oxygens (including phenoxy) is 1. The van der Waals surface area contributed by atoms with Crippen molar-refractivity contribution >= 4 is 17.6 Å². The number of nitrogens with one attached hydrogen (secondary N) is 2. The third-order valence-corrected chi connectivity index (χ3v) is 6.43. The molecule has 1 saturated heterocycles. The Balaban J connectivity index is 1.93. The van der Waals surface area contributed by atoms with Gasteiger partial charge in [0.05, 0.1) is 0 Å². The molecule has 6 heteroatoms. The lowest BCUT2D eigenvalue weighted by molar-refractivity contribution is 0.0514. The van der Waals surface area contributed by atoms with Crippen LogP contribution in [0.4, 0.5) is 0 Å². The fraction of sp³-hybridized carbons (Fsp3) is 0.696. The Morgan fingerprint density at radius 2 is 1.93 bits per heavy atom. The minimum atomic E-state index is -0.0276. The van der Waals surface area contributed by atoms with Crippen LogP contribution in [0.1, 0.15) is 52.0 Å². The molecule has 164 valence electrons. The monoisotopic (exact) mass is 422 g/mol. The summed E-state index contributed by atoms with van der Waals surface area (Å²) < 4.78 is 5.65. The molecule has 0 radical (unpaired) electrons. The first-order valence-corrected chi connectivity index (χ1v) is 11.4. The molecule has 0 amide bonds. The van der Waals surface area contributed by atoms with Crippen LogP contribution >= 0.6 is 11.6 Å². The Morgan fingerprint density at radius 1 is 1.24 bits per heavy atom. The summed E-state index contributed by atoms with van der Waals surface area (Å²) in [6.45, 7) is 12.4. The van der Waals surface area contributed by atoms with Gasteiger partial charge in [-0.15, -0.1) is 0 Å². The molecular formula is C23H39ClN4O. The molecule has 2 rings (SSSR count). The minimum Gasteiger partial charge on any atom is -0.381 e. The Morgan fingerprint density at radius 3 is 2.55 bits per heavy atom. The molecule has 1 atom stereocenters. The highest BCUT2D eigenvalue weighted by molar-refractivity contribution is 6.31. The Bertz CT molecular complexity index is 627. The number of guanidine groups is 1. The van der Waals surface area contributed by atoms with Crippen LogP contribution in [-0.4, -0.2) is 63.3 Å². The molecule has 1 aromatic carbocycles. The highest BCUT2D eigenvalue weighted by Gasteiger charge is 2.36. The van der Waals surface area contributed by atoms with E-state index in [1.807, 2.05) is 19.2 Å². The highest BCUT2D eigenvalue weighted by Crippen LogP contribution is 2.38. The summed E-state index contributed by atoms with van der Waals surface area (Å²) in [6, 6.07) is 8.58. The number of benzene rings is 1. The van der Waals surface area contributed by atoms with Gasteiger partial charge < -0.3 is 20.3 Å². The number of halogens is 1. The molecule has 2 N–H and O–H groups in total. The summed E-state index contributed by atoms with van der Waals surface area (Å²) >= 11 is 6.57. The lowest BCUT2D eigenvalue weighted by Crippen LogP contribution is -2.49. The predicted octanol–water partition coefficient (Wildman–Crippen LogP) is 4.06. The smallest absolute Gasteiger partial charge is 0.191 e. The van der Waals surface area contributed by atoms with E-state index in [9.17, 15) is 0 Å². The second-order valence-corrected chi connectivity index (χ2v) is 8.42. The second-order valence-electron chi connectivity index (χ2n) is 8.01. The number of aliphatic imine (C=N–C) groups is 1. The van der Waals surface area contributed by atoms with E-state index in [4.69, 9.17) is 16.3 Å². The molecule has 0 spiro atoms. The molecule has 1 heterocycles. The van der Waals surface area contributed by atoms with Gasteiger partial charge in [-0.3, -0.25) is 4.99 Å². The van der Waals surface area contributed by atoms with Gasteiger partial charge in [0.25, 0.3) is 0 Å². The van der Waals surface area contributed by atoms with Crippen LogP contribution in [0.15, 0.2) is 29.3 Å². The first-order chi connectivity index (χ1) is 14.0. The molecule has 0 bridgehead atoms. The van der Waals surface area contributed by atoms with Gasteiger partial charge >= 0.3 is 0 Å². The highest BCUT2D eigenvalue weighted by atomic mass is 35.5. The molecule has 29 heavy (non-hydrogen) atoms. The number of rotatable bonds is 10. The quantitative estimate of drug-likeness (QED) is 0.441. The van der Waals surface area contributed by atoms with Crippen LogP contribution < -0.4 is 10.6 Å². The van der Waals surface area contributed by atoms with Crippen LogP contribution in [0.5, 0.6) is 0 Å². The first kappa shape index (κ1) is 24.0. The van der Waals surface area contributed by atoms with Gasteiger partial charge in [-0.05, 0) is 63.9 Å². The fourth-order valence-electron chi connectivity index (χ4n) is 4.11. The van der Waals surface area contributed by atoms with Gasteiger partial charge in [0.1, 0.15) is 0 Å². The third kappa shape index (κ3) is 7.16. The molecular weight excluding hydrogens is 384 g/mol. The normalized spacial score (nSPS) is 17.9. The van der Waals surface area contributed by atoms with Crippen molar-refractivity contribution in [3.05, 3.63) is 34.9 Å². The molecule has 5 nitrogen and oxygen atoms in total. The van der Waals surface area contributed by atoms with E-state index in [-0.39, 0.29) is 5.41 Å². The fourth-order valence-corrected chi connectivity index (χ4v) is 4.44. The third-order valence-electron chi connectivity index (χ3n) is 6.10. The van der Waals surface area contributed by atoms with Crippen molar-refractivity contribution in [3.63, 3.8) is 0 Å². The van der Waals surface area contributed by atoms with Gasteiger partial charge in [0, 0.05) is 43.3 Å². The lowest BCUT2D eigenvalue weighted by Gasteiger charge is -2.39. The van der Waals surface area contributed by atoms with Crippen LogP contribution in [0, 0.1) is 0 Å². The molecule has 0 saturated carbocycles. The van der Waals surface area contributed by atoms with E-state index in [1.165, 1.54) is 12.0 Å². The van der Waals surface area contributed by atoms with E-state index >= 15 is 0 Å². The Kier molecular flexibility index (Phi) is 10.3. The minimum absolute atomic E-state index is 0.0276. The summed E-state index contributed by atoms with van der Waals surface area (Å²) in [5, 5.41) is 7.96. The molecule has 0 aliphatic carbocycles. The van der Waals surface area contributed by atoms with Crippen molar-refractivity contribution in [2.45, 2.75) is 57.9 Å². The van der Waals surface area contributed by atoms with Gasteiger partial charge in [0.2, 0.25) is 0 Å². The predicted molar refractivity (Wildman–Crippen MR) is 124 cm³/mol. The molecule has 1 aliphatic rings. The van der Waals surface area contributed by atoms with Crippen LogP contribution in [0.2, 0.25) is 5.02 Å². The van der Waals surface area contributed by atoms with Crippen LogP contribution in [0.25, 0.3) is 0 Å². The lowest BCUT2D eigenvalue weighted by atomic mass is 9.74. The topological polar surface area (TPSA) is 48.9 Å². The summed E-state index contributed by atoms with van der Waals surface area (Å²) in [6.07, 6.45) is 4.23. The summed E-state index contributed by atoms with van der Waals surface area (Å²) in [4.78, 5) is 6.93. The number of nitrogens with zero attached hydrogens (tertiary/aromatic N) is 2. The van der Waals surface area contributed by atoms with Gasteiger partial charge in [-0.25, -0.2) is 0 Å². The Hall–Kier alpha value is -1.30. The molecule has 1 aliphatic heterocycles. The largest absolute Gasteiger partial charge is 0.381 e. The van der Waals surface area contributed by atoms with Crippen molar-refractivity contribution in [2.24, 2.45) is 4.99 Å². The number of hydrogen-bond acceptors (Lipinski definition) is 3. The van der Waals surface area contributed by atoms with Gasteiger partial charge in [-0.1, -0.05) is 43.6 Å². The summed E-state index contributed by atoms with van der Waals surface area (Å²) in [5.74, 6) is 0.859. The van der Waals surface area contributed by atoms with E-state index in [0.717, 1.165) is 69.6 Å². The van der Waals surface area contributed by atoms with E-state index in [2.05, 4.69) is 53.4 Å². The van der Waals surface area contributed by atoms with Gasteiger partial charge in [0.15, 0.2) is 5.96 Å². The second kappa shape index (κ2) is 12.4. The van der Waals surface area contributed by atoms with Crippen LogP contribution in [0.3, 0.4) is 0 Å². The molecule has 1 fully saturated rings. The standard InChI is InChI=1S/C23H39ClN4O/c1-5-28(6-2)15-9-10-19(3)27-22(25-4)26-18-23(13-16-29-17-14-23)20-11-7-8-12-21(20)24/h7-8,11-12,19H,5-6,9-10,13-18H2,1-4H3,(H2,25,26,27). The van der Waals surface area contributed by atoms with Crippen molar-refractivity contribution in [2.75, 3.05) is 46.4 Å². The van der Waals surface area contributed by atoms with Crippen molar-refractivity contribution in [1.82, 2.24) is 15.5 Å². The van der Waals surface area contributed by atoms with E-state index < -0.39 is 0 Å². The van der Waals surface area contributed by atoms with Crippen molar-refractivity contribution < 1.29 is 4.74 Å². The summed E-state index contributed by atoms with van der Waals surface area (Å²) in [7, 11) is 1.84. The number of hydrogen-bond donors (Lipinski definition) is 2. The Labute approximate surface area is 182 Å². The zero-order valence-electron chi connectivity index (χ0n) is 18.6. The molecule has 1 aromatic rings. The van der Waals surface area contributed by atoms with E-state index in [0.29, 0.717) is 6.04 Å². The zero-order valence-corrected chi connectivity index (χ0v) is 19.4. The summed E-state index contributed by atoms with van der Waals surface area (Å²) in [5.41, 5.74) is 1.18. The maximum Gasteiger partial charge on any atom is 0.191 e. The average molecular weight is 423 g/mol. The molecule has 0 aromatic heterocycles. The van der Waals surface area contributed by atoms with Crippen LogP contribution in [-0.2, 0) is 10.2 Å². The molecule has 1 unspecified atom stereocenters. The SMILES string of the molecule is CCN(CC)CCCC(C)NC(=NC)NCC1(c2ccccc2Cl)CCOCC1.